The van der Waals surface area contributed by atoms with Crippen molar-refractivity contribution < 1.29 is 14.6 Å². The minimum absolute atomic E-state index is 0.0929. The number of hydrogen-bond acceptors (Lipinski definition) is 5. The smallest absolute Gasteiger partial charge is 0.239 e. The highest BCUT2D eigenvalue weighted by atomic mass is 16.5. The van der Waals surface area contributed by atoms with Gasteiger partial charge < -0.3 is 15.2 Å². The number of anilines is 1. The third-order valence-electron chi connectivity index (χ3n) is 4.39. The SMILES string of the molecule is Cn1ccc(NC(=O)CN2CCC(O)(COc3ccccc3)CC2)n1. The van der Waals surface area contributed by atoms with Crippen LogP contribution in [0.1, 0.15) is 12.8 Å². The first-order chi connectivity index (χ1) is 12.0. The number of aromatic nitrogens is 2. The number of carbonyl (C=O) groups excluding carboxylic acids is 1. The predicted molar refractivity (Wildman–Crippen MR) is 94.4 cm³/mol. The first-order valence-corrected chi connectivity index (χ1v) is 8.45. The van der Waals surface area contributed by atoms with Gasteiger partial charge in [-0.15, -0.1) is 0 Å². The van der Waals surface area contributed by atoms with E-state index in [2.05, 4.69) is 10.4 Å². The Morgan fingerprint density at radius 2 is 2.00 bits per heavy atom. The molecule has 1 aromatic carbocycles. The fraction of sp³-hybridized carbons (Fsp3) is 0.444. The molecule has 2 heterocycles. The van der Waals surface area contributed by atoms with E-state index in [1.54, 1.807) is 24.0 Å². The topological polar surface area (TPSA) is 79.6 Å². The number of likely N-dealkylation sites (tertiary alicyclic amines) is 1. The normalized spacial score (nSPS) is 17.2. The van der Waals surface area contributed by atoms with E-state index in [0.717, 1.165) is 5.75 Å². The quantitative estimate of drug-likeness (QED) is 0.825. The number of rotatable bonds is 6. The summed E-state index contributed by atoms with van der Waals surface area (Å²) in [4.78, 5) is 14.1. The molecule has 0 bridgehead atoms. The van der Waals surface area contributed by atoms with Gasteiger partial charge in [-0.2, -0.15) is 5.10 Å². The van der Waals surface area contributed by atoms with Crippen molar-refractivity contribution in [3.05, 3.63) is 42.6 Å². The highest BCUT2D eigenvalue weighted by Gasteiger charge is 2.33. The Morgan fingerprint density at radius 1 is 1.28 bits per heavy atom. The predicted octanol–water partition coefficient (Wildman–Crippen LogP) is 1.26. The van der Waals surface area contributed by atoms with Crippen LogP contribution in [-0.4, -0.2) is 57.5 Å². The number of piperidine rings is 1. The van der Waals surface area contributed by atoms with Crippen molar-refractivity contribution in [1.82, 2.24) is 14.7 Å². The van der Waals surface area contributed by atoms with Crippen LogP contribution < -0.4 is 10.1 Å². The van der Waals surface area contributed by atoms with Crippen LogP contribution in [0.3, 0.4) is 0 Å². The second-order valence-corrected chi connectivity index (χ2v) is 6.53. The highest BCUT2D eigenvalue weighted by Crippen LogP contribution is 2.23. The third-order valence-corrected chi connectivity index (χ3v) is 4.39. The molecule has 134 valence electrons. The molecule has 7 nitrogen and oxygen atoms in total. The highest BCUT2D eigenvalue weighted by molar-refractivity contribution is 5.91. The maximum atomic E-state index is 12.1. The van der Waals surface area contributed by atoms with Crippen LogP contribution in [-0.2, 0) is 11.8 Å². The molecule has 2 N–H and O–H groups in total. The molecule has 2 aromatic rings. The van der Waals surface area contributed by atoms with E-state index in [1.807, 2.05) is 35.2 Å². The van der Waals surface area contributed by atoms with Crippen LogP contribution in [0.15, 0.2) is 42.6 Å². The van der Waals surface area contributed by atoms with Gasteiger partial charge in [-0.1, -0.05) is 18.2 Å². The number of hydrogen-bond donors (Lipinski definition) is 2. The van der Waals surface area contributed by atoms with Crippen molar-refractivity contribution in [2.45, 2.75) is 18.4 Å². The summed E-state index contributed by atoms with van der Waals surface area (Å²) >= 11 is 0. The number of ether oxygens (including phenoxy) is 1. The first-order valence-electron chi connectivity index (χ1n) is 8.45. The lowest BCUT2D eigenvalue weighted by Gasteiger charge is -2.37. The van der Waals surface area contributed by atoms with E-state index in [4.69, 9.17) is 4.74 Å². The molecule has 1 fully saturated rings. The molecule has 3 rings (SSSR count). The van der Waals surface area contributed by atoms with E-state index < -0.39 is 5.60 Å². The van der Waals surface area contributed by atoms with E-state index in [9.17, 15) is 9.90 Å². The molecule has 0 atom stereocenters. The Balaban J connectivity index is 1.42. The minimum Gasteiger partial charge on any atom is -0.491 e. The summed E-state index contributed by atoms with van der Waals surface area (Å²) in [6.07, 6.45) is 2.94. The number of aryl methyl sites for hydroxylation is 1. The molecule has 0 spiro atoms. The summed E-state index contributed by atoms with van der Waals surface area (Å²) in [5, 5.41) is 17.6. The molecule has 1 amide bonds. The average Bonchev–Trinajstić information content (AvgIpc) is 3.01. The van der Waals surface area contributed by atoms with E-state index in [-0.39, 0.29) is 12.5 Å². The second-order valence-electron chi connectivity index (χ2n) is 6.53. The fourth-order valence-corrected chi connectivity index (χ4v) is 2.87. The zero-order chi connectivity index (χ0) is 17.7. The summed E-state index contributed by atoms with van der Waals surface area (Å²) in [7, 11) is 1.80. The van der Waals surface area contributed by atoms with Crippen molar-refractivity contribution in [3.8, 4) is 5.75 Å². The molecule has 0 saturated carbocycles. The van der Waals surface area contributed by atoms with Crippen LogP contribution >= 0.6 is 0 Å². The summed E-state index contributed by atoms with van der Waals surface area (Å²) < 4.78 is 7.33. The molecule has 1 aromatic heterocycles. The van der Waals surface area contributed by atoms with Crippen molar-refractivity contribution in [3.63, 3.8) is 0 Å². The maximum absolute atomic E-state index is 12.1. The monoisotopic (exact) mass is 344 g/mol. The summed E-state index contributed by atoms with van der Waals surface area (Å²) in [6, 6.07) is 11.2. The molecule has 0 aliphatic carbocycles. The number of benzene rings is 1. The second kappa shape index (κ2) is 7.67. The molecule has 7 heteroatoms. The molecule has 1 saturated heterocycles. The van der Waals surface area contributed by atoms with Gasteiger partial charge in [0.25, 0.3) is 0 Å². The van der Waals surface area contributed by atoms with Crippen LogP contribution in [0, 0.1) is 0 Å². The third kappa shape index (κ3) is 5.04. The molecule has 25 heavy (non-hydrogen) atoms. The van der Waals surface area contributed by atoms with Crippen molar-refractivity contribution in [2.75, 3.05) is 31.6 Å². The lowest BCUT2D eigenvalue weighted by Crippen LogP contribution is -2.49. The van der Waals surface area contributed by atoms with Crippen LogP contribution in [0.25, 0.3) is 0 Å². The number of aliphatic hydroxyl groups is 1. The maximum Gasteiger partial charge on any atom is 0.239 e. The van der Waals surface area contributed by atoms with E-state index in [0.29, 0.717) is 38.3 Å². The van der Waals surface area contributed by atoms with Gasteiger partial charge in [0.1, 0.15) is 18.0 Å². The molecule has 0 radical (unpaired) electrons. The Bertz CT molecular complexity index is 693. The molecule has 1 aliphatic rings. The zero-order valence-corrected chi connectivity index (χ0v) is 14.4. The number of carbonyl (C=O) groups is 1. The number of amides is 1. The zero-order valence-electron chi connectivity index (χ0n) is 14.4. The fourth-order valence-electron chi connectivity index (χ4n) is 2.87. The van der Waals surface area contributed by atoms with Crippen molar-refractivity contribution in [2.24, 2.45) is 7.05 Å². The molecule has 1 aliphatic heterocycles. The first kappa shape index (κ1) is 17.4. The largest absolute Gasteiger partial charge is 0.491 e. The van der Waals surface area contributed by atoms with Gasteiger partial charge in [-0.3, -0.25) is 14.4 Å². The van der Waals surface area contributed by atoms with E-state index in [1.165, 1.54) is 0 Å². The van der Waals surface area contributed by atoms with Gasteiger partial charge in [0.15, 0.2) is 5.82 Å². The van der Waals surface area contributed by atoms with Gasteiger partial charge in [0, 0.05) is 32.4 Å². The standard InChI is InChI=1S/C18H24N4O3/c1-21-10-7-16(20-21)19-17(23)13-22-11-8-18(24,9-12-22)14-25-15-5-3-2-4-6-15/h2-7,10,24H,8-9,11-14H2,1H3,(H,19,20,23). The number of nitrogens with zero attached hydrogens (tertiary/aromatic N) is 3. The lowest BCUT2D eigenvalue weighted by molar-refractivity contribution is -0.119. The van der Waals surface area contributed by atoms with Gasteiger partial charge in [-0.25, -0.2) is 0 Å². The Labute approximate surface area is 147 Å². The number of nitrogens with one attached hydrogen (secondary N) is 1. The Hall–Kier alpha value is -2.38. The molecular weight excluding hydrogens is 320 g/mol. The Morgan fingerprint density at radius 3 is 2.64 bits per heavy atom. The van der Waals surface area contributed by atoms with Crippen molar-refractivity contribution >= 4 is 11.7 Å². The number of para-hydroxylation sites is 1. The van der Waals surface area contributed by atoms with Crippen LogP contribution in [0.4, 0.5) is 5.82 Å². The van der Waals surface area contributed by atoms with Crippen molar-refractivity contribution in [1.29, 1.82) is 0 Å². The van der Waals surface area contributed by atoms with Crippen LogP contribution in [0.2, 0.25) is 0 Å². The molecular formula is C18H24N4O3. The average molecular weight is 344 g/mol. The summed E-state index contributed by atoms with van der Waals surface area (Å²) in [6.45, 7) is 1.88. The van der Waals surface area contributed by atoms with Gasteiger partial charge >= 0.3 is 0 Å². The van der Waals surface area contributed by atoms with Gasteiger partial charge in [-0.05, 0) is 25.0 Å². The molecule has 0 unspecified atom stereocenters. The van der Waals surface area contributed by atoms with Gasteiger partial charge in [0.05, 0.1) is 6.54 Å². The summed E-state index contributed by atoms with van der Waals surface area (Å²) in [5.41, 5.74) is -0.843. The van der Waals surface area contributed by atoms with Gasteiger partial charge in [0.2, 0.25) is 5.91 Å². The van der Waals surface area contributed by atoms with Crippen LogP contribution in [0.5, 0.6) is 5.75 Å². The lowest BCUT2D eigenvalue weighted by atomic mass is 9.92. The Kier molecular flexibility index (Phi) is 5.35. The minimum atomic E-state index is -0.843. The van der Waals surface area contributed by atoms with E-state index >= 15 is 0 Å². The summed E-state index contributed by atoms with van der Waals surface area (Å²) in [5.74, 6) is 1.22.